The van der Waals surface area contributed by atoms with Crippen LogP contribution in [0.25, 0.3) is 0 Å². The van der Waals surface area contributed by atoms with Gasteiger partial charge in [0.1, 0.15) is 11.6 Å². The molecule has 0 aromatic carbocycles. The monoisotopic (exact) mass is 362 g/mol. The summed E-state index contributed by atoms with van der Waals surface area (Å²) < 4.78 is 5.86. The molecule has 146 valence electrons. The van der Waals surface area contributed by atoms with Crippen molar-refractivity contribution in [3.05, 3.63) is 17.6 Å². The van der Waals surface area contributed by atoms with Crippen LogP contribution in [0, 0.1) is 18.8 Å². The third kappa shape index (κ3) is 4.53. The van der Waals surface area contributed by atoms with Crippen LogP contribution in [0.15, 0.2) is 6.20 Å². The zero-order chi connectivity index (χ0) is 18.7. The molecule has 6 nitrogen and oxygen atoms in total. The summed E-state index contributed by atoms with van der Waals surface area (Å²) in [6.45, 7) is 13.5. The molecule has 6 heteroatoms. The van der Waals surface area contributed by atoms with E-state index in [9.17, 15) is 5.11 Å². The summed E-state index contributed by atoms with van der Waals surface area (Å²) in [4.78, 5) is 14.0. The van der Waals surface area contributed by atoms with E-state index in [-0.39, 0.29) is 18.8 Å². The number of aromatic nitrogens is 2. The Morgan fingerprint density at radius 2 is 1.85 bits per heavy atom. The number of nitrogens with zero attached hydrogens (tertiary/aromatic N) is 4. The third-order valence-electron chi connectivity index (χ3n) is 5.58. The van der Waals surface area contributed by atoms with Crippen LogP contribution in [-0.2, 0) is 11.2 Å². The molecule has 0 unspecified atom stereocenters. The zero-order valence-corrected chi connectivity index (χ0v) is 16.7. The minimum atomic E-state index is 0.240. The second kappa shape index (κ2) is 8.63. The molecular formula is C20H34N4O2. The van der Waals surface area contributed by atoms with E-state index in [0.717, 1.165) is 57.2 Å². The van der Waals surface area contributed by atoms with E-state index in [4.69, 9.17) is 9.72 Å². The fourth-order valence-electron chi connectivity index (χ4n) is 4.49. The molecule has 3 rings (SSSR count). The smallest absolute Gasteiger partial charge is 0.135 e. The van der Waals surface area contributed by atoms with Gasteiger partial charge in [0, 0.05) is 57.0 Å². The van der Waals surface area contributed by atoms with Crippen LogP contribution in [0.3, 0.4) is 0 Å². The van der Waals surface area contributed by atoms with Crippen molar-refractivity contribution < 1.29 is 9.84 Å². The first-order valence-electron chi connectivity index (χ1n) is 10.1. The summed E-state index contributed by atoms with van der Waals surface area (Å²) in [5.74, 6) is 2.65. The van der Waals surface area contributed by atoms with Crippen LogP contribution in [0.5, 0.6) is 0 Å². The maximum atomic E-state index is 9.96. The molecule has 0 radical (unpaired) electrons. The molecule has 0 amide bonds. The van der Waals surface area contributed by atoms with E-state index in [2.05, 4.69) is 35.6 Å². The number of aliphatic hydroxyl groups excluding tert-OH is 1. The van der Waals surface area contributed by atoms with Gasteiger partial charge in [-0.2, -0.15) is 0 Å². The van der Waals surface area contributed by atoms with E-state index < -0.39 is 0 Å². The van der Waals surface area contributed by atoms with Gasteiger partial charge in [-0.1, -0.05) is 13.3 Å². The van der Waals surface area contributed by atoms with Crippen LogP contribution in [-0.4, -0.2) is 71.5 Å². The molecule has 0 bridgehead atoms. The van der Waals surface area contributed by atoms with Crippen molar-refractivity contribution in [2.24, 2.45) is 11.8 Å². The molecule has 2 fully saturated rings. The third-order valence-corrected chi connectivity index (χ3v) is 5.58. The van der Waals surface area contributed by atoms with Crippen LogP contribution in [0.2, 0.25) is 0 Å². The Balaban J connectivity index is 1.72. The standard InChI is InChI=1S/C20H34N4O2/c1-5-6-17-7-21-16(4)22-20(17)24-11-18(19(12-24)13-25)10-23-8-14(2)26-15(3)9-23/h7,14-15,18-19,25H,5-6,8-13H2,1-4H3/t14-,15+,18-,19-/m1/s1. The van der Waals surface area contributed by atoms with E-state index in [0.29, 0.717) is 11.8 Å². The van der Waals surface area contributed by atoms with E-state index in [1.165, 1.54) is 5.56 Å². The molecule has 2 saturated heterocycles. The van der Waals surface area contributed by atoms with Crippen molar-refractivity contribution in [3.63, 3.8) is 0 Å². The van der Waals surface area contributed by atoms with Crippen molar-refractivity contribution in [2.75, 3.05) is 44.2 Å². The number of ether oxygens (including phenoxy) is 1. The lowest BCUT2D eigenvalue weighted by atomic mass is 9.96. The second-order valence-corrected chi connectivity index (χ2v) is 8.10. The minimum Gasteiger partial charge on any atom is -0.396 e. The summed E-state index contributed by atoms with van der Waals surface area (Å²) >= 11 is 0. The van der Waals surface area contributed by atoms with E-state index >= 15 is 0 Å². The van der Waals surface area contributed by atoms with Gasteiger partial charge in [0.15, 0.2) is 0 Å². The highest BCUT2D eigenvalue weighted by Crippen LogP contribution is 2.31. The molecule has 1 N–H and O–H groups in total. The lowest BCUT2D eigenvalue weighted by Gasteiger charge is -2.37. The fraction of sp³-hybridized carbons (Fsp3) is 0.800. The molecule has 2 aliphatic heterocycles. The van der Waals surface area contributed by atoms with Crippen molar-refractivity contribution in [1.29, 1.82) is 0 Å². The number of morpholine rings is 1. The average Bonchev–Trinajstić information content (AvgIpc) is 2.98. The van der Waals surface area contributed by atoms with Crippen molar-refractivity contribution in [3.8, 4) is 0 Å². The number of aliphatic hydroxyl groups is 1. The largest absolute Gasteiger partial charge is 0.396 e. The van der Waals surface area contributed by atoms with Gasteiger partial charge in [0.25, 0.3) is 0 Å². The summed E-state index contributed by atoms with van der Waals surface area (Å²) in [6, 6.07) is 0. The summed E-state index contributed by atoms with van der Waals surface area (Å²) in [6.07, 6.45) is 4.63. The molecular weight excluding hydrogens is 328 g/mol. The summed E-state index contributed by atoms with van der Waals surface area (Å²) in [5.41, 5.74) is 1.23. The van der Waals surface area contributed by atoms with Crippen molar-refractivity contribution >= 4 is 5.82 Å². The molecule has 0 aliphatic carbocycles. The Bertz CT molecular complexity index is 587. The quantitative estimate of drug-likeness (QED) is 0.834. The van der Waals surface area contributed by atoms with Gasteiger partial charge in [-0.05, 0) is 33.1 Å². The maximum absolute atomic E-state index is 9.96. The van der Waals surface area contributed by atoms with Crippen LogP contribution in [0.4, 0.5) is 5.82 Å². The Morgan fingerprint density at radius 3 is 2.50 bits per heavy atom. The lowest BCUT2D eigenvalue weighted by Crippen LogP contribution is -2.48. The second-order valence-electron chi connectivity index (χ2n) is 8.10. The first-order chi connectivity index (χ1) is 12.5. The van der Waals surface area contributed by atoms with Gasteiger partial charge >= 0.3 is 0 Å². The fourth-order valence-corrected chi connectivity index (χ4v) is 4.49. The summed E-state index contributed by atoms with van der Waals surface area (Å²) in [7, 11) is 0. The average molecular weight is 363 g/mol. The molecule has 1 aromatic heterocycles. The maximum Gasteiger partial charge on any atom is 0.135 e. The molecule has 3 heterocycles. The molecule has 0 spiro atoms. The highest BCUT2D eigenvalue weighted by Gasteiger charge is 2.36. The molecule has 0 saturated carbocycles. The highest BCUT2D eigenvalue weighted by molar-refractivity contribution is 5.47. The summed E-state index contributed by atoms with van der Waals surface area (Å²) in [5, 5.41) is 9.96. The van der Waals surface area contributed by atoms with Crippen molar-refractivity contribution in [2.45, 2.75) is 52.7 Å². The van der Waals surface area contributed by atoms with Gasteiger partial charge in [-0.15, -0.1) is 0 Å². The lowest BCUT2D eigenvalue weighted by molar-refractivity contribution is -0.0725. The number of aryl methyl sites for hydroxylation is 2. The molecule has 1 aromatic rings. The van der Waals surface area contributed by atoms with Gasteiger partial charge in [-0.25, -0.2) is 9.97 Å². The SMILES string of the molecule is CCCc1cnc(C)nc1N1C[C@@H](CN2C[C@@H](C)O[C@@H](C)C2)[C@@H](CO)C1. The van der Waals surface area contributed by atoms with Crippen LogP contribution < -0.4 is 4.90 Å². The molecule has 26 heavy (non-hydrogen) atoms. The van der Waals surface area contributed by atoms with Gasteiger partial charge in [0.05, 0.1) is 12.2 Å². The number of hydrogen-bond donors (Lipinski definition) is 1. The zero-order valence-electron chi connectivity index (χ0n) is 16.7. The topological polar surface area (TPSA) is 61.7 Å². The van der Waals surface area contributed by atoms with Gasteiger partial charge in [-0.3, -0.25) is 4.90 Å². The van der Waals surface area contributed by atoms with Crippen LogP contribution >= 0.6 is 0 Å². The Kier molecular flexibility index (Phi) is 6.48. The predicted octanol–water partition coefficient (Wildman–Crippen LogP) is 1.89. The normalized spacial score (nSPS) is 30.1. The number of hydrogen-bond acceptors (Lipinski definition) is 6. The molecule has 4 atom stereocenters. The predicted molar refractivity (Wildman–Crippen MR) is 103 cm³/mol. The number of rotatable bonds is 6. The Hall–Kier alpha value is -1.24. The van der Waals surface area contributed by atoms with Crippen LogP contribution in [0.1, 0.15) is 38.6 Å². The van der Waals surface area contributed by atoms with Crippen molar-refractivity contribution in [1.82, 2.24) is 14.9 Å². The van der Waals surface area contributed by atoms with E-state index in [1.807, 2.05) is 13.1 Å². The molecule has 2 aliphatic rings. The van der Waals surface area contributed by atoms with Gasteiger partial charge in [0.2, 0.25) is 0 Å². The van der Waals surface area contributed by atoms with Gasteiger partial charge < -0.3 is 14.7 Å². The minimum absolute atomic E-state index is 0.240. The van der Waals surface area contributed by atoms with E-state index in [1.54, 1.807) is 0 Å². The first-order valence-corrected chi connectivity index (χ1v) is 10.1. The highest BCUT2D eigenvalue weighted by atomic mass is 16.5. The number of anilines is 1. The Labute approximate surface area is 157 Å². The Morgan fingerprint density at radius 1 is 1.15 bits per heavy atom. The first kappa shape index (κ1) is 19.5.